The van der Waals surface area contributed by atoms with Crippen LogP contribution in [0.3, 0.4) is 0 Å². The van der Waals surface area contributed by atoms with Crippen molar-refractivity contribution in [2.24, 2.45) is 17.8 Å². The lowest BCUT2D eigenvalue weighted by atomic mass is 9.87. The zero-order chi connectivity index (χ0) is 30.2. The highest BCUT2D eigenvalue weighted by Crippen LogP contribution is 2.42. The molecule has 0 unspecified atom stereocenters. The lowest BCUT2D eigenvalue weighted by molar-refractivity contribution is -0.122. The number of hydrogen-bond acceptors (Lipinski definition) is 7. The van der Waals surface area contributed by atoms with Crippen LogP contribution in [0.1, 0.15) is 13.8 Å². The first kappa shape index (κ1) is 29.5. The van der Waals surface area contributed by atoms with E-state index in [0.29, 0.717) is 34.9 Å². The number of halogens is 3. The molecule has 2 aromatic heterocycles. The molecule has 10 nitrogen and oxygen atoms in total. The summed E-state index contributed by atoms with van der Waals surface area (Å²) in [5, 5.41) is 9.76. The fourth-order valence-corrected chi connectivity index (χ4v) is 5.51. The van der Waals surface area contributed by atoms with Gasteiger partial charge in [0.1, 0.15) is 11.6 Å². The molecular weight excluding hydrogens is 568 g/mol. The Balaban J connectivity index is 1.49. The molecule has 42 heavy (non-hydrogen) atoms. The van der Waals surface area contributed by atoms with Crippen molar-refractivity contribution in [2.45, 2.75) is 26.3 Å². The molecule has 4 heterocycles. The Labute approximate surface area is 246 Å². The van der Waals surface area contributed by atoms with E-state index in [1.54, 1.807) is 21.6 Å². The lowest BCUT2D eigenvalue weighted by Crippen LogP contribution is -2.52. The van der Waals surface area contributed by atoms with Gasteiger partial charge in [-0.05, 0) is 30.3 Å². The van der Waals surface area contributed by atoms with Crippen LogP contribution in [0.4, 0.5) is 31.8 Å². The van der Waals surface area contributed by atoms with E-state index in [1.165, 1.54) is 27.0 Å². The number of nitrogens with zero attached hydrogens (tertiary/aromatic N) is 4. The number of fused-ring (bicyclic) bond motifs is 1. The number of nitrogens with one attached hydrogen (secondary N) is 3. The van der Waals surface area contributed by atoms with Crippen LogP contribution in [0.25, 0.3) is 15.7 Å². The summed E-state index contributed by atoms with van der Waals surface area (Å²) in [5.41, 5.74) is 1.16. The minimum absolute atomic E-state index is 0.0524. The van der Waals surface area contributed by atoms with Crippen LogP contribution in [0.2, 0.25) is 5.02 Å². The van der Waals surface area contributed by atoms with Gasteiger partial charge in [-0.1, -0.05) is 25.4 Å². The fraction of sp³-hybridized carbons (Fsp3) is 0.448. The number of pyridine rings is 2. The maximum Gasteiger partial charge on any atom is 0.293 e. The number of piperidine rings is 1. The molecule has 1 aromatic carbocycles. The smallest absolute Gasteiger partial charge is 0.293 e. The first-order chi connectivity index (χ1) is 20.0. The van der Waals surface area contributed by atoms with Gasteiger partial charge in [-0.3, -0.25) is 9.59 Å². The number of amides is 1. The Morgan fingerprint density at radius 1 is 1.24 bits per heavy atom. The van der Waals surface area contributed by atoms with Crippen molar-refractivity contribution < 1.29 is 18.3 Å². The average molecular weight is 600 g/mol. The average Bonchev–Trinajstić information content (AvgIpc) is 2.94. The molecule has 2 aliphatic heterocycles. The second-order valence-corrected chi connectivity index (χ2v) is 11.4. The summed E-state index contributed by atoms with van der Waals surface area (Å²) in [4.78, 5) is 34.9. The molecule has 2 aliphatic rings. The van der Waals surface area contributed by atoms with Gasteiger partial charge in [-0.2, -0.15) is 0 Å². The van der Waals surface area contributed by atoms with Crippen LogP contribution in [-0.2, 0) is 11.3 Å². The Bertz CT molecular complexity index is 1610. The number of aromatic nitrogens is 2. The van der Waals surface area contributed by atoms with Crippen molar-refractivity contribution in [3.63, 3.8) is 0 Å². The third-order valence-corrected chi connectivity index (χ3v) is 8.22. The zero-order valence-electron chi connectivity index (χ0n) is 23.5. The Kier molecular flexibility index (Phi) is 8.25. The molecule has 0 radical (unpaired) electrons. The van der Waals surface area contributed by atoms with E-state index in [1.807, 2.05) is 12.1 Å². The number of carbonyl (C=O) groups is 1. The molecule has 2 saturated heterocycles. The quantitative estimate of drug-likeness (QED) is 0.329. The normalized spacial score (nSPS) is 20.1. The van der Waals surface area contributed by atoms with Crippen molar-refractivity contribution in [2.75, 3.05) is 50.1 Å². The molecule has 13 heteroatoms. The minimum Gasteiger partial charge on any atom is -0.478 e. The SMILES string of the molecule is [C-]#[N+]c1cc(Cl)c(Nc2ccc3c(c2)cc(OCC(=O)NC)c(=O)n3CC2CNC2)nc1N1C[C@@H](C)C(F)(F)[C@@H](C)C1. The van der Waals surface area contributed by atoms with Crippen molar-refractivity contribution in [1.29, 1.82) is 0 Å². The summed E-state index contributed by atoms with van der Waals surface area (Å²) in [5.74, 6) is -4.10. The van der Waals surface area contributed by atoms with E-state index in [0.717, 1.165) is 13.1 Å². The van der Waals surface area contributed by atoms with Gasteiger partial charge in [0.25, 0.3) is 17.4 Å². The first-order valence-corrected chi connectivity index (χ1v) is 14.1. The summed E-state index contributed by atoms with van der Waals surface area (Å²) >= 11 is 6.51. The van der Waals surface area contributed by atoms with Gasteiger partial charge >= 0.3 is 0 Å². The number of ether oxygens (including phenoxy) is 1. The molecule has 222 valence electrons. The standard InChI is InChI=1S/C29H32ClF2N7O3/c1-16-12-38(13-17(2)29(16,31)32)27-22(33-3)9-21(30)26(37-27)36-20-5-6-23-19(7-20)8-24(42-15-25(40)34-4)28(41)39(23)14-18-10-35-11-18/h5-9,16-18,35H,10-15H2,1-2,4H3,(H,34,40)(H,36,37)/t16-,17+. The number of rotatable bonds is 8. The predicted octanol–water partition coefficient (Wildman–Crippen LogP) is 4.42. The van der Waals surface area contributed by atoms with Gasteiger partial charge in [0.15, 0.2) is 12.4 Å². The van der Waals surface area contributed by atoms with Gasteiger partial charge in [-0.15, -0.1) is 0 Å². The van der Waals surface area contributed by atoms with Gasteiger partial charge in [-0.25, -0.2) is 18.6 Å². The molecule has 2 atom stereocenters. The van der Waals surface area contributed by atoms with E-state index in [2.05, 4.69) is 25.8 Å². The van der Waals surface area contributed by atoms with E-state index in [9.17, 15) is 18.4 Å². The third-order valence-electron chi connectivity index (χ3n) is 7.93. The minimum atomic E-state index is -2.81. The van der Waals surface area contributed by atoms with Crippen LogP contribution in [0.5, 0.6) is 5.75 Å². The second kappa shape index (κ2) is 11.7. The second-order valence-electron chi connectivity index (χ2n) is 11.0. The lowest BCUT2D eigenvalue weighted by Gasteiger charge is -2.42. The fourth-order valence-electron chi connectivity index (χ4n) is 5.32. The summed E-state index contributed by atoms with van der Waals surface area (Å²) in [6.07, 6.45) is 0. The maximum atomic E-state index is 14.5. The number of benzene rings is 1. The zero-order valence-corrected chi connectivity index (χ0v) is 24.3. The summed E-state index contributed by atoms with van der Waals surface area (Å²) in [6, 6.07) is 8.49. The number of hydrogen-bond donors (Lipinski definition) is 3. The highest BCUT2D eigenvalue weighted by molar-refractivity contribution is 6.33. The molecule has 0 spiro atoms. The van der Waals surface area contributed by atoms with E-state index >= 15 is 0 Å². The molecule has 0 aliphatic carbocycles. The third kappa shape index (κ3) is 5.71. The topological polar surface area (TPSA) is 105 Å². The van der Waals surface area contributed by atoms with Crippen molar-refractivity contribution in [1.82, 2.24) is 20.2 Å². The monoisotopic (exact) mass is 599 g/mol. The van der Waals surface area contributed by atoms with Crippen LogP contribution in [0.15, 0.2) is 35.1 Å². The first-order valence-electron chi connectivity index (χ1n) is 13.7. The van der Waals surface area contributed by atoms with Crippen LogP contribution >= 0.6 is 11.6 Å². The van der Waals surface area contributed by atoms with Gasteiger partial charge in [0.2, 0.25) is 5.69 Å². The molecular formula is C29H32ClF2N7O3. The largest absolute Gasteiger partial charge is 0.478 e. The molecule has 3 N–H and O–H groups in total. The van der Waals surface area contributed by atoms with Gasteiger partial charge in [0.05, 0.1) is 17.1 Å². The molecule has 0 saturated carbocycles. The van der Waals surface area contributed by atoms with Crippen molar-refractivity contribution >= 4 is 51.4 Å². The molecule has 2 fully saturated rings. The van der Waals surface area contributed by atoms with E-state index in [4.69, 9.17) is 22.9 Å². The maximum absolute atomic E-state index is 14.5. The number of likely N-dealkylation sites (N-methyl/N-ethyl adjacent to an activating group) is 1. The highest BCUT2D eigenvalue weighted by atomic mass is 35.5. The molecule has 1 amide bonds. The van der Waals surface area contributed by atoms with Gasteiger partial charge < -0.3 is 30.2 Å². The summed E-state index contributed by atoms with van der Waals surface area (Å²) < 4.78 is 36.3. The molecule has 0 bridgehead atoms. The number of alkyl halides is 2. The number of carbonyl (C=O) groups excluding carboxylic acids is 1. The van der Waals surface area contributed by atoms with Crippen LogP contribution < -0.4 is 31.1 Å². The Morgan fingerprint density at radius 2 is 1.95 bits per heavy atom. The Morgan fingerprint density at radius 3 is 2.57 bits per heavy atom. The predicted molar refractivity (Wildman–Crippen MR) is 158 cm³/mol. The molecule has 3 aromatic rings. The van der Waals surface area contributed by atoms with Crippen LogP contribution in [-0.4, -0.2) is 61.2 Å². The summed E-state index contributed by atoms with van der Waals surface area (Å²) in [6.45, 7) is 12.5. The Hall–Kier alpha value is -3.95. The summed E-state index contributed by atoms with van der Waals surface area (Å²) in [7, 11) is 1.49. The van der Waals surface area contributed by atoms with E-state index < -0.39 is 17.8 Å². The van der Waals surface area contributed by atoms with E-state index in [-0.39, 0.29) is 53.4 Å². The van der Waals surface area contributed by atoms with Crippen LogP contribution in [0, 0.1) is 24.3 Å². The van der Waals surface area contributed by atoms with Crippen molar-refractivity contribution in [3.05, 3.63) is 57.1 Å². The van der Waals surface area contributed by atoms with Gasteiger partial charge in [0, 0.05) is 68.6 Å². The number of anilines is 3. The molecule has 5 rings (SSSR count). The highest BCUT2D eigenvalue weighted by Gasteiger charge is 2.47. The van der Waals surface area contributed by atoms with Crippen molar-refractivity contribution in [3.8, 4) is 5.75 Å².